The maximum absolute atomic E-state index is 10.9. The molecule has 1 N–H and O–H groups in total. The van der Waals surface area contributed by atoms with Crippen molar-refractivity contribution in [3.05, 3.63) is 22.7 Å². The van der Waals surface area contributed by atoms with Crippen LogP contribution in [0.2, 0.25) is 0 Å². The summed E-state index contributed by atoms with van der Waals surface area (Å²) in [6.45, 7) is 2.27. The summed E-state index contributed by atoms with van der Waals surface area (Å²) >= 11 is 4.83. The van der Waals surface area contributed by atoms with Crippen LogP contribution in [0.5, 0.6) is 0 Å². The van der Waals surface area contributed by atoms with Crippen LogP contribution in [0.4, 0.5) is 0 Å². The Bertz CT molecular complexity index is 686. The molecule has 1 aromatic heterocycles. The van der Waals surface area contributed by atoms with Gasteiger partial charge in [0.25, 0.3) is 0 Å². The van der Waals surface area contributed by atoms with Crippen LogP contribution in [-0.4, -0.2) is 26.4 Å². The molecule has 0 radical (unpaired) electrons. The lowest BCUT2D eigenvalue weighted by Gasteiger charge is -2.20. The van der Waals surface area contributed by atoms with Crippen LogP contribution >= 0.6 is 27.7 Å². The lowest BCUT2D eigenvalue weighted by Crippen LogP contribution is -2.13. The standard InChI is InChI=1S/C15H17BrN2O2S/c1-9-3-2-4-12(9)18-13-7-10(16)5-6-11(13)17-15(18)21-8-14(19)20/h5-7,9,12H,2-4,8H2,1H3,(H,19,20). The monoisotopic (exact) mass is 368 g/mol. The first-order chi connectivity index (χ1) is 10.1. The number of benzene rings is 1. The molecule has 1 saturated carbocycles. The van der Waals surface area contributed by atoms with Crippen molar-refractivity contribution in [2.24, 2.45) is 5.92 Å². The first kappa shape index (κ1) is 14.9. The number of hydrogen-bond donors (Lipinski definition) is 1. The molecule has 2 aromatic rings. The lowest BCUT2D eigenvalue weighted by molar-refractivity contribution is -0.133. The van der Waals surface area contributed by atoms with Crippen LogP contribution in [0, 0.1) is 5.92 Å². The Morgan fingerprint density at radius 3 is 3.00 bits per heavy atom. The van der Waals surface area contributed by atoms with Crippen molar-refractivity contribution >= 4 is 44.7 Å². The fourth-order valence-electron chi connectivity index (χ4n) is 3.10. The van der Waals surface area contributed by atoms with Gasteiger partial charge in [0.15, 0.2) is 5.16 Å². The molecule has 3 rings (SSSR count). The van der Waals surface area contributed by atoms with Gasteiger partial charge in [-0.3, -0.25) is 4.79 Å². The van der Waals surface area contributed by atoms with E-state index in [-0.39, 0.29) is 5.75 Å². The number of rotatable bonds is 4. The summed E-state index contributed by atoms with van der Waals surface area (Å²) in [5.74, 6) is -0.157. The maximum atomic E-state index is 10.9. The average molecular weight is 369 g/mol. The number of aromatic nitrogens is 2. The van der Waals surface area contributed by atoms with Gasteiger partial charge in [-0.2, -0.15) is 0 Å². The Labute approximate surface area is 136 Å². The number of nitrogens with zero attached hydrogens (tertiary/aromatic N) is 2. The van der Waals surface area contributed by atoms with Gasteiger partial charge in [0, 0.05) is 10.5 Å². The van der Waals surface area contributed by atoms with E-state index in [0.29, 0.717) is 12.0 Å². The third kappa shape index (κ3) is 2.97. The molecule has 2 atom stereocenters. The first-order valence-corrected chi connectivity index (χ1v) is 8.86. The van der Waals surface area contributed by atoms with Gasteiger partial charge in [0.05, 0.1) is 16.8 Å². The summed E-state index contributed by atoms with van der Waals surface area (Å²) in [4.78, 5) is 15.5. The molecule has 1 aliphatic rings. The Kier molecular flexibility index (Phi) is 4.26. The number of carbonyl (C=O) groups is 1. The molecule has 1 heterocycles. The number of aliphatic carboxylic acids is 1. The molecule has 0 saturated heterocycles. The van der Waals surface area contributed by atoms with Crippen molar-refractivity contribution in [2.75, 3.05) is 5.75 Å². The van der Waals surface area contributed by atoms with E-state index in [1.165, 1.54) is 24.6 Å². The van der Waals surface area contributed by atoms with Gasteiger partial charge >= 0.3 is 5.97 Å². The SMILES string of the molecule is CC1CCCC1n1c(SCC(=O)O)nc2ccc(Br)cc21. The number of imidazole rings is 1. The predicted octanol–water partition coefficient (Wildman–Crippen LogP) is 4.34. The van der Waals surface area contributed by atoms with Crippen molar-refractivity contribution in [3.63, 3.8) is 0 Å². The second kappa shape index (κ2) is 6.01. The summed E-state index contributed by atoms with van der Waals surface area (Å²) < 4.78 is 3.28. The van der Waals surface area contributed by atoms with Gasteiger partial charge in [0.2, 0.25) is 0 Å². The minimum atomic E-state index is -0.806. The predicted molar refractivity (Wildman–Crippen MR) is 87.8 cm³/mol. The molecule has 1 fully saturated rings. The van der Waals surface area contributed by atoms with E-state index in [4.69, 9.17) is 5.11 Å². The summed E-state index contributed by atoms with van der Waals surface area (Å²) in [5, 5.41) is 9.76. The zero-order valence-electron chi connectivity index (χ0n) is 11.8. The minimum Gasteiger partial charge on any atom is -0.481 e. The van der Waals surface area contributed by atoms with Crippen molar-refractivity contribution in [1.29, 1.82) is 0 Å². The minimum absolute atomic E-state index is 0.0472. The topological polar surface area (TPSA) is 55.1 Å². The summed E-state index contributed by atoms with van der Waals surface area (Å²) in [6, 6.07) is 6.46. The number of halogens is 1. The molecular weight excluding hydrogens is 352 g/mol. The molecule has 2 unspecified atom stereocenters. The quantitative estimate of drug-likeness (QED) is 0.815. The third-order valence-electron chi connectivity index (χ3n) is 4.09. The molecule has 0 amide bonds. The normalized spacial score (nSPS) is 22.0. The molecule has 1 aliphatic carbocycles. The van der Waals surface area contributed by atoms with Gasteiger partial charge in [-0.15, -0.1) is 0 Å². The molecule has 1 aromatic carbocycles. The van der Waals surface area contributed by atoms with E-state index in [2.05, 4.69) is 38.5 Å². The highest BCUT2D eigenvalue weighted by Crippen LogP contribution is 2.40. The van der Waals surface area contributed by atoms with Crippen molar-refractivity contribution in [2.45, 2.75) is 37.4 Å². The number of fused-ring (bicyclic) bond motifs is 1. The molecule has 112 valence electrons. The van der Waals surface area contributed by atoms with Gasteiger partial charge in [-0.05, 0) is 37.0 Å². The number of carboxylic acids is 1. The van der Waals surface area contributed by atoms with Crippen LogP contribution in [0.15, 0.2) is 27.8 Å². The number of thioether (sulfide) groups is 1. The fraction of sp³-hybridized carbons (Fsp3) is 0.467. The Morgan fingerprint density at radius 1 is 1.52 bits per heavy atom. The molecule has 0 bridgehead atoms. The van der Waals surface area contributed by atoms with Gasteiger partial charge in [-0.25, -0.2) is 4.98 Å². The van der Waals surface area contributed by atoms with Crippen molar-refractivity contribution < 1.29 is 9.90 Å². The third-order valence-corrected chi connectivity index (χ3v) is 5.52. The molecular formula is C15H17BrN2O2S. The first-order valence-electron chi connectivity index (χ1n) is 7.08. The largest absolute Gasteiger partial charge is 0.481 e. The zero-order chi connectivity index (χ0) is 15.0. The number of hydrogen-bond acceptors (Lipinski definition) is 3. The lowest BCUT2D eigenvalue weighted by atomic mass is 10.1. The highest BCUT2D eigenvalue weighted by molar-refractivity contribution is 9.10. The van der Waals surface area contributed by atoms with Crippen LogP contribution in [0.25, 0.3) is 11.0 Å². The van der Waals surface area contributed by atoms with Gasteiger partial charge in [0.1, 0.15) is 0 Å². The van der Waals surface area contributed by atoms with E-state index >= 15 is 0 Å². The molecule has 0 aliphatic heterocycles. The summed E-state index contributed by atoms with van der Waals surface area (Å²) in [6.07, 6.45) is 3.59. The van der Waals surface area contributed by atoms with Crippen molar-refractivity contribution in [3.8, 4) is 0 Å². The van der Waals surface area contributed by atoms with Gasteiger partial charge < -0.3 is 9.67 Å². The van der Waals surface area contributed by atoms with Crippen LogP contribution < -0.4 is 0 Å². The van der Waals surface area contributed by atoms with E-state index in [1.807, 2.05) is 12.1 Å². The second-order valence-corrected chi connectivity index (χ2v) is 7.41. The Hall–Kier alpha value is -1.01. The fourth-order valence-corrected chi connectivity index (χ4v) is 4.24. The summed E-state index contributed by atoms with van der Waals surface area (Å²) in [7, 11) is 0. The van der Waals surface area contributed by atoms with Crippen molar-refractivity contribution in [1.82, 2.24) is 9.55 Å². The Balaban J connectivity index is 2.09. The van der Waals surface area contributed by atoms with Crippen LogP contribution in [0.3, 0.4) is 0 Å². The highest BCUT2D eigenvalue weighted by atomic mass is 79.9. The molecule has 0 spiro atoms. The van der Waals surface area contributed by atoms with Crippen LogP contribution in [-0.2, 0) is 4.79 Å². The van der Waals surface area contributed by atoms with E-state index < -0.39 is 5.97 Å². The van der Waals surface area contributed by atoms with E-state index in [1.54, 1.807) is 0 Å². The summed E-state index contributed by atoms with van der Waals surface area (Å²) in [5.41, 5.74) is 2.03. The average Bonchev–Trinajstić information content (AvgIpc) is 2.99. The van der Waals surface area contributed by atoms with Gasteiger partial charge in [-0.1, -0.05) is 41.0 Å². The van der Waals surface area contributed by atoms with E-state index in [0.717, 1.165) is 27.1 Å². The molecule has 6 heteroatoms. The molecule has 21 heavy (non-hydrogen) atoms. The Morgan fingerprint density at radius 2 is 2.33 bits per heavy atom. The smallest absolute Gasteiger partial charge is 0.313 e. The maximum Gasteiger partial charge on any atom is 0.313 e. The second-order valence-electron chi connectivity index (χ2n) is 5.56. The zero-order valence-corrected chi connectivity index (χ0v) is 14.2. The van der Waals surface area contributed by atoms with Crippen LogP contribution in [0.1, 0.15) is 32.2 Å². The van der Waals surface area contributed by atoms with E-state index in [9.17, 15) is 4.79 Å². The highest BCUT2D eigenvalue weighted by Gasteiger charge is 2.28. The number of carboxylic acid groups (broad SMARTS) is 1. The molecule has 4 nitrogen and oxygen atoms in total.